The van der Waals surface area contributed by atoms with Gasteiger partial charge in [0.25, 0.3) is 5.91 Å². The van der Waals surface area contributed by atoms with Crippen LogP contribution in [0.5, 0.6) is 0 Å². The number of rotatable bonds is 12. The predicted molar refractivity (Wildman–Crippen MR) is 207 cm³/mol. The van der Waals surface area contributed by atoms with Crippen molar-refractivity contribution in [1.29, 1.82) is 0 Å². The zero-order valence-corrected chi connectivity index (χ0v) is 29.5. The molecule has 1 atom stereocenters. The Morgan fingerprint density at radius 3 is 2.18 bits per heavy atom. The molecule has 7 nitrogen and oxygen atoms in total. The number of aromatic nitrogens is 3. The molecule has 0 spiro atoms. The SMILES string of the molecule is CCCCC(CC)COC(=O)c1cccc(-c2nc(-c3ccc4c(c3)sc3ccccc34)nc(-c3ccccc3NC(=O)c3ccccc3)n2)c1. The second-order valence-electron chi connectivity index (χ2n) is 12.6. The van der Waals surface area contributed by atoms with E-state index in [1.54, 1.807) is 35.6 Å². The highest BCUT2D eigenvalue weighted by molar-refractivity contribution is 7.25. The minimum atomic E-state index is -0.370. The van der Waals surface area contributed by atoms with E-state index in [1.165, 1.54) is 15.5 Å². The quantitative estimate of drug-likeness (QED) is 0.128. The molecular weight excluding hydrogens is 653 g/mol. The number of fused-ring (bicyclic) bond motifs is 3. The molecule has 7 aromatic rings. The molecule has 8 heteroatoms. The summed E-state index contributed by atoms with van der Waals surface area (Å²) in [5.41, 5.74) is 3.67. The zero-order valence-electron chi connectivity index (χ0n) is 28.6. The van der Waals surface area contributed by atoms with Gasteiger partial charge in [-0.15, -0.1) is 11.3 Å². The number of amides is 1. The van der Waals surface area contributed by atoms with Crippen LogP contribution in [0.4, 0.5) is 5.69 Å². The minimum absolute atomic E-state index is 0.237. The van der Waals surface area contributed by atoms with Crippen LogP contribution in [-0.2, 0) is 4.74 Å². The van der Waals surface area contributed by atoms with Crippen LogP contribution >= 0.6 is 11.3 Å². The van der Waals surface area contributed by atoms with Crippen LogP contribution in [0.25, 0.3) is 54.3 Å². The van der Waals surface area contributed by atoms with E-state index in [0.717, 1.165) is 35.9 Å². The van der Waals surface area contributed by atoms with E-state index in [0.29, 0.717) is 57.9 Å². The number of hydrogen-bond acceptors (Lipinski definition) is 7. The van der Waals surface area contributed by atoms with Crippen molar-refractivity contribution in [3.8, 4) is 34.2 Å². The molecule has 0 aliphatic heterocycles. The molecule has 51 heavy (non-hydrogen) atoms. The Bertz CT molecular complexity index is 2340. The van der Waals surface area contributed by atoms with Crippen LogP contribution < -0.4 is 5.32 Å². The lowest BCUT2D eigenvalue weighted by atomic mass is 10.0. The summed E-state index contributed by atoms with van der Waals surface area (Å²) >= 11 is 1.73. The fourth-order valence-electron chi connectivity index (χ4n) is 6.15. The summed E-state index contributed by atoms with van der Waals surface area (Å²) in [7, 11) is 0. The summed E-state index contributed by atoms with van der Waals surface area (Å²) in [4.78, 5) is 41.4. The number of esters is 1. The fourth-order valence-corrected chi connectivity index (χ4v) is 7.30. The number of hydrogen-bond donors (Lipinski definition) is 1. The summed E-state index contributed by atoms with van der Waals surface area (Å²) in [6, 6.07) is 38.4. The van der Waals surface area contributed by atoms with Crippen LogP contribution in [0.1, 0.15) is 60.2 Å². The third-order valence-electron chi connectivity index (χ3n) is 9.07. The molecule has 0 aliphatic rings. The van der Waals surface area contributed by atoms with Gasteiger partial charge in [-0.3, -0.25) is 4.79 Å². The van der Waals surface area contributed by atoms with Crippen molar-refractivity contribution in [2.75, 3.05) is 11.9 Å². The maximum absolute atomic E-state index is 13.2. The highest BCUT2D eigenvalue weighted by atomic mass is 32.1. The van der Waals surface area contributed by atoms with Crippen LogP contribution in [0.3, 0.4) is 0 Å². The van der Waals surface area contributed by atoms with Gasteiger partial charge in [-0.05, 0) is 60.9 Å². The monoisotopic (exact) mass is 690 g/mol. The molecule has 1 unspecified atom stereocenters. The van der Waals surface area contributed by atoms with Crippen molar-refractivity contribution >= 4 is 49.1 Å². The van der Waals surface area contributed by atoms with E-state index in [-0.39, 0.29) is 11.9 Å². The molecule has 0 bridgehead atoms. The molecule has 1 N–H and O–H groups in total. The average molecular weight is 691 g/mol. The standard InChI is InChI=1S/C43H38N4O3S/c1-3-5-14-28(4-2)27-50-43(49)32-18-13-17-30(25-32)39-45-40(31-23-24-34-33-19-10-12-22-37(33)51-38(34)26-31)47-41(46-39)35-20-9-11-21-36(35)44-42(48)29-15-7-6-8-16-29/h6-13,15-26,28H,3-5,14,27H2,1-2H3,(H,44,48). The molecule has 1 amide bonds. The van der Waals surface area contributed by atoms with E-state index < -0.39 is 0 Å². The molecule has 0 aliphatic carbocycles. The Morgan fingerprint density at radius 1 is 0.686 bits per heavy atom. The Kier molecular flexibility index (Phi) is 10.2. The van der Waals surface area contributed by atoms with Crippen LogP contribution in [-0.4, -0.2) is 33.4 Å². The number of carbonyl (C=O) groups is 2. The molecule has 7 rings (SSSR count). The summed E-state index contributed by atoms with van der Waals surface area (Å²) in [5.74, 6) is 1.01. The number of para-hydroxylation sites is 1. The first-order valence-electron chi connectivity index (χ1n) is 17.4. The van der Waals surface area contributed by atoms with Crippen molar-refractivity contribution in [2.24, 2.45) is 5.92 Å². The Hall–Kier alpha value is -5.73. The van der Waals surface area contributed by atoms with Crippen molar-refractivity contribution in [2.45, 2.75) is 39.5 Å². The maximum atomic E-state index is 13.2. The minimum Gasteiger partial charge on any atom is -0.462 e. The van der Waals surface area contributed by atoms with Gasteiger partial charge in [0.2, 0.25) is 0 Å². The van der Waals surface area contributed by atoms with E-state index in [1.807, 2.05) is 60.7 Å². The number of carbonyl (C=O) groups excluding carboxylic acids is 2. The number of nitrogens with one attached hydrogen (secondary N) is 1. The maximum Gasteiger partial charge on any atom is 0.338 e. The van der Waals surface area contributed by atoms with Gasteiger partial charge in [0.05, 0.1) is 17.9 Å². The van der Waals surface area contributed by atoms with Crippen molar-refractivity contribution in [3.05, 3.63) is 132 Å². The Balaban J connectivity index is 1.29. The molecular formula is C43H38N4O3S. The number of unbranched alkanes of at least 4 members (excludes halogenated alkanes) is 1. The molecule has 254 valence electrons. The molecule has 2 aromatic heterocycles. The van der Waals surface area contributed by atoms with Gasteiger partial charge in [0, 0.05) is 42.4 Å². The van der Waals surface area contributed by atoms with Gasteiger partial charge in [-0.25, -0.2) is 19.7 Å². The Labute approximate surface area is 301 Å². The Morgan fingerprint density at radius 2 is 1.37 bits per heavy atom. The van der Waals surface area contributed by atoms with Gasteiger partial charge in [-0.2, -0.15) is 0 Å². The first-order valence-corrected chi connectivity index (χ1v) is 18.2. The summed E-state index contributed by atoms with van der Waals surface area (Å²) < 4.78 is 8.12. The lowest BCUT2D eigenvalue weighted by Gasteiger charge is -2.15. The van der Waals surface area contributed by atoms with Crippen molar-refractivity contribution < 1.29 is 14.3 Å². The lowest BCUT2D eigenvalue weighted by Crippen LogP contribution is -2.14. The van der Waals surface area contributed by atoms with Crippen molar-refractivity contribution in [1.82, 2.24) is 15.0 Å². The molecule has 0 fully saturated rings. The number of ether oxygens (including phenoxy) is 1. The third-order valence-corrected chi connectivity index (χ3v) is 10.2. The zero-order chi connectivity index (χ0) is 35.2. The van der Waals surface area contributed by atoms with E-state index in [9.17, 15) is 9.59 Å². The predicted octanol–water partition coefficient (Wildman–Crippen LogP) is 10.9. The highest BCUT2D eigenvalue weighted by Gasteiger charge is 2.19. The number of benzene rings is 5. The summed E-state index contributed by atoms with van der Waals surface area (Å²) in [6.45, 7) is 4.70. The molecule has 2 heterocycles. The van der Waals surface area contributed by atoms with E-state index >= 15 is 0 Å². The molecule has 0 radical (unpaired) electrons. The second kappa shape index (κ2) is 15.4. The average Bonchev–Trinajstić information content (AvgIpc) is 3.56. The van der Waals surface area contributed by atoms with E-state index in [4.69, 9.17) is 19.7 Å². The topological polar surface area (TPSA) is 94.1 Å². The fraction of sp³-hybridized carbons (Fsp3) is 0.186. The van der Waals surface area contributed by atoms with Gasteiger partial charge < -0.3 is 10.1 Å². The highest BCUT2D eigenvalue weighted by Crippen LogP contribution is 2.37. The summed E-state index contributed by atoms with van der Waals surface area (Å²) in [6.07, 6.45) is 4.23. The van der Waals surface area contributed by atoms with Gasteiger partial charge in [-0.1, -0.05) is 106 Å². The van der Waals surface area contributed by atoms with E-state index in [2.05, 4.69) is 55.6 Å². The van der Waals surface area contributed by atoms with Gasteiger partial charge in [0.1, 0.15) is 0 Å². The third kappa shape index (κ3) is 7.56. The first kappa shape index (κ1) is 33.8. The first-order chi connectivity index (χ1) is 25.0. The molecule has 0 saturated carbocycles. The molecule has 0 saturated heterocycles. The van der Waals surface area contributed by atoms with Crippen molar-refractivity contribution in [3.63, 3.8) is 0 Å². The number of nitrogens with zero attached hydrogens (tertiary/aromatic N) is 3. The molecule has 5 aromatic carbocycles. The van der Waals surface area contributed by atoms with Gasteiger partial charge in [0.15, 0.2) is 17.5 Å². The normalized spacial score (nSPS) is 11.8. The summed E-state index contributed by atoms with van der Waals surface area (Å²) in [5, 5.41) is 5.44. The van der Waals surface area contributed by atoms with Crippen LogP contribution in [0.2, 0.25) is 0 Å². The lowest BCUT2D eigenvalue weighted by molar-refractivity contribution is 0.0428. The van der Waals surface area contributed by atoms with Gasteiger partial charge >= 0.3 is 5.97 Å². The van der Waals surface area contributed by atoms with Crippen LogP contribution in [0.15, 0.2) is 121 Å². The smallest absolute Gasteiger partial charge is 0.338 e. The number of thiophene rings is 1. The number of anilines is 1. The second-order valence-corrected chi connectivity index (χ2v) is 13.7. The largest absolute Gasteiger partial charge is 0.462 e. The van der Waals surface area contributed by atoms with Crippen LogP contribution in [0, 0.1) is 5.92 Å².